The number of hydrogen-bond donors (Lipinski definition) is 1. The van der Waals surface area contributed by atoms with Crippen molar-refractivity contribution in [2.45, 2.75) is 38.0 Å². The number of benzene rings is 2. The summed E-state index contributed by atoms with van der Waals surface area (Å²) in [6.45, 7) is 0.881. The topological polar surface area (TPSA) is 49.8 Å². The molecule has 126 valence electrons. The van der Waals surface area contributed by atoms with Gasteiger partial charge in [0, 0.05) is 6.54 Å². The molecule has 1 saturated heterocycles. The van der Waals surface area contributed by atoms with E-state index in [1.807, 2.05) is 60.7 Å². The van der Waals surface area contributed by atoms with Crippen LogP contribution in [0.2, 0.25) is 0 Å². The van der Waals surface area contributed by atoms with Crippen molar-refractivity contribution in [2.24, 2.45) is 0 Å². The fourth-order valence-corrected chi connectivity index (χ4v) is 3.19. The van der Waals surface area contributed by atoms with E-state index in [4.69, 9.17) is 4.74 Å². The zero-order chi connectivity index (χ0) is 16.8. The molecule has 0 saturated carbocycles. The summed E-state index contributed by atoms with van der Waals surface area (Å²) in [5.74, 6) is 0. The minimum absolute atomic E-state index is 0.232. The zero-order valence-electron chi connectivity index (χ0n) is 13.7. The minimum atomic E-state index is -0.684. The number of piperidine rings is 1. The van der Waals surface area contributed by atoms with Crippen LogP contribution in [0.15, 0.2) is 60.7 Å². The minimum Gasteiger partial charge on any atom is -0.445 e. The SMILES string of the molecule is O=C(OCc1ccccc1)N1CCCC[C@H]1[C@H](O)c1ccccc1. The van der Waals surface area contributed by atoms with Crippen molar-refractivity contribution in [2.75, 3.05) is 6.54 Å². The number of rotatable bonds is 4. The van der Waals surface area contributed by atoms with Gasteiger partial charge >= 0.3 is 6.09 Å². The molecule has 1 aliphatic heterocycles. The van der Waals surface area contributed by atoms with Gasteiger partial charge in [-0.15, -0.1) is 0 Å². The second-order valence-corrected chi connectivity index (χ2v) is 6.15. The van der Waals surface area contributed by atoms with E-state index < -0.39 is 6.10 Å². The Morgan fingerprint density at radius 1 is 1.08 bits per heavy atom. The summed E-state index contributed by atoms with van der Waals surface area (Å²) < 4.78 is 5.46. The van der Waals surface area contributed by atoms with Crippen LogP contribution >= 0.6 is 0 Å². The average Bonchev–Trinajstić information content (AvgIpc) is 2.67. The maximum atomic E-state index is 12.5. The lowest BCUT2D eigenvalue weighted by Crippen LogP contribution is -2.47. The molecular formula is C20H23NO3. The van der Waals surface area contributed by atoms with Crippen molar-refractivity contribution in [3.05, 3.63) is 71.8 Å². The van der Waals surface area contributed by atoms with Crippen LogP contribution in [-0.4, -0.2) is 28.7 Å². The molecule has 1 heterocycles. The van der Waals surface area contributed by atoms with E-state index in [2.05, 4.69) is 0 Å². The van der Waals surface area contributed by atoms with Crippen LogP contribution in [-0.2, 0) is 11.3 Å². The summed E-state index contributed by atoms with van der Waals surface area (Å²) in [7, 11) is 0. The Bertz CT molecular complexity index is 644. The molecule has 2 aromatic rings. The van der Waals surface area contributed by atoms with Gasteiger partial charge in [0.15, 0.2) is 0 Å². The largest absolute Gasteiger partial charge is 0.445 e. The highest BCUT2D eigenvalue weighted by atomic mass is 16.6. The van der Waals surface area contributed by atoms with Gasteiger partial charge in [0.2, 0.25) is 0 Å². The van der Waals surface area contributed by atoms with E-state index in [9.17, 15) is 9.90 Å². The summed E-state index contributed by atoms with van der Waals surface area (Å²) in [5, 5.41) is 10.7. The lowest BCUT2D eigenvalue weighted by Gasteiger charge is -2.37. The number of likely N-dealkylation sites (tertiary alicyclic amines) is 1. The summed E-state index contributed by atoms with van der Waals surface area (Å²) in [5.41, 5.74) is 1.80. The maximum absolute atomic E-state index is 12.5. The zero-order valence-corrected chi connectivity index (χ0v) is 13.7. The van der Waals surface area contributed by atoms with E-state index in [0.717, 1.165) is 30.4 Å². The number of nitrogens with zero attached hydrogens (tertiary/aromatic N) is 1. The Morgan fingerprint density at radius 3 is 2.46 bits per heavy atom. The van der Waals surface area contributed by atoms with Crippen LogP contribution in [0.4, 0.5) is 4.79 Å². The summed E-state index contributed by atoms with van der Waals surface area (Å²) in [6, 6.07) is 18.9. The molecule has 1 aliphatic rings. The number of aliphatic hydroxyl groups excluding tert-OH is 1. The first-order valence-corrected chi connectivity index (χ1v) is 8.46. The van der Waals surface area contributed by atoms with Gasteiger partial charge in [-0.05, 0) is 30.4 Å². The molecule has 1 amide bonds. The molecule has 0 aliphatic carbocycles. The van der Waals surface area contributed by atoms with Crippen LogP contribution in [0.25, 0.3) is 0 Å². The van der Waals surface area contributed by atoms with Crippen molar-refractivity contribution in [3.8, 4) is 0 Å². The Balaban J connectivity index is 1.66. The van der Waals surface area contributed by atoms with Gasteiger partial charge in [-0.1, -0.05) is 60.7 Å². The third kappa shape index (κ3) is 3.95. The first-order valence-electron chi connectivity index (χ1n) is 8.46. The van der Waals surface area contributed by atoms with E-state index in [1.165, 1.54) is 0 Å². The Labute approximate surface area is 142 Å². The number of ether oxygens (including phenoxy) is 1. The maximum Gasteiger partial charge on any atom is 0.410 e. The van der Waals surface area contributed by atoms with Crippen molar-refractivity contribution in [1.29, 1.82) is 0 Å². The van der Waals surface area contributed by atoms with Gasteiger partial charge in [0.05, 0.1) is 12.1 Å². The van der Waals surface area contributed by atoms with Gasteiger partial charge in [-0.3, -0.25) is 0 Å². The van der Waals surface area contributed by atoms with Crippen LogP contribution in [0.3, 0.4) is 0 Å². The summed E-state index contributed by atoms with van der Waals surface area (Å²) in [6.07, 6.45) is 1.71. The smallest absolute Gasteiger partial charge is 0.410 e. The summed E-state index contributed by atoms with van der Waals surface area (Å²) in [4.78, 5) is 14.2. The van der Waals surface area contributed by atoms with Crippen molar-refractivity contribution >= 4 is 6.09 Å². The van der Waals surface area contributed by atoms with Gasteiger partial charge in [0.25, 0.3) is 0 Å². The Hall–Kier alpha value is -2.33. The second-order valence-electron chi connectivity index (χ2n) is 6.15. The quantitative estimate of drug-likeness (QED) is 0.927. The first-order chi connectivity index (χ1) is 11.8. The van der Waals surface area contributed by atoms with Crippen LogP contribution in [0.1, 0.15) is 36.5 Å². The van der Waals surface area contributed by atoms with E-state index in [0.29, 0.717) is 6.54 Å². The highest BCUT2D eigenvalue weighted by Crippen LogP contribution is 2.29. The van der Waals surface area contributed by atoms with Crippen LogP contribution in [0, 0.1) is 0 Å². The van der Waals surface area contributed by atoms with E-state index in [-0.39, 0.29) is 18.7 Å². The van der Waals surface area contributed by atoms with Crippen molar-refractivity contribution in [3.63, 3.8) is 0 Å². The fourth-order valence-electron chi connectivity index (χ4n) is 3.19. The Kier molecular flexibility index (Phi) is 5.49. The molecule has 1 fully saturated rings. The third-order valence-electron chi connectivity index (χ3n) is 4.49. The molecule has 4 nitrogen and oxygen atoms in total. The molecule has 24 heavy (non-hydrogen) atoms. The molecule has 3 rings (SSSR count). The lowest BCUT2D eigenvalue weighted by molar-refractivity contribution is 0.0135. The predicted octanol–water partition coefficient (Wildman–Crippen LogP) is 3.91. The van der Waals surface area contributed by atoms with E-state index >= 15 is 0 Å². The molecule has 4 heteroatoms. The number of hydrogen-bond acceptors (Lipinski definition) is 3. The van der Waals surface area contributed by atoms with Crippen molar-refractivity contribution in [1.82, 2.24) is 4.90 Å². The monoisotopic (exact) mass is 325 g/mol. The summed E-state index contributed by atoms with van der Waals surface area (Å²) >= 11 is 0. The molecule has 2 atom stereocenters. The molecule has 1 N–H and O–H groups in total. The molecular weight excluding hydrogens is 302 g/mol. The molecule has 0 bridgehead atoms. The molecule has 0 unspecified atom stereocenters. The van der Waals surface area contributed by atoms with Gasteiger partial charge in [-0.2, -0.15) is 0 Å². The highest BCUT2D eigenvalue weighted by molar-refractivity contribution is 5.68. The number of carbonyl (C=O) groups excluding carboxylic acids is 1. The normalized spacial score (nSPS) is 18.9. The molecule has 0 radical (unpaired) electrons. The third-order valence-corrected chi connectivity index (χ3v) is 4.49. The van der Waals surface area contributed by atoms with Crippen LogP contribution < -0.4 is 0 Å². The van der Waals surface area contributed by atoms with Crippen LogP contribution in [0.5, 0.6) is 0 Å². The number of carbonyl (C=O) groups is 1. The Morgan fingerprint density at radius 2 is 1.75 bits per heavy atom. The molecule has 0 spiro atoms. The highest BCUT2D eigenvalue weighted by Gasteiger charge is 2.33. The second kappa shape index (κ2) is 7.97. The molecule has 0 aromatic heterocycles. The lowest BCUT2D eigenvalue weighted by atomic mass is 9.93. The van der Waals surface area contributed by atoms with Gasteiger partial charge in [0.1, 0.15) is 6.61 Å². The number of aliphatic hydroxyl groups is 1. The van der Waals surface area contributed by atoms with E-state index in [1.54, 1.807) is 4.90 Å². The first kappa shape index (κ1) is 16.5. The predicted molar refractivity (Wildman–Crippen MR) is 92.4 cm³/mol. The van der Waals surface area contributed by atoms with Gasteiger partial charge < -0.3 is 14.7 Å². The number of amides is 1. The fraction of sp³-hybridized carbons (Fsp3) is 0.350. The average molecular weight is 325 g/mol. The molecule has 2 aromatic carbocycles. The standard InChI is InChI=1S/C20H23NO3/c22-19(17-11-5-2-6-12-17)18-13-7-8-14-21(18)20(23)24-15-16-9-3-1-4-10-16/h1-6,9-12,18-19,22H,7-8,13-15H2/t18-,19+/m0/s1. The van der Waals surface area contributed by atoms with Gasteiger partial charge in [-0.25, -0.2) is 4.79 Å². The van der Waals surface area contributed by atoms with Crippen molar-refractivity contribution < 1.29 is 14.6 Å².